The maximum Gasteiger partial charge on any atom is 0.00798 e. The standard InChI is InChI=1S/C11H24N2/c1-10(2)9-12-11-5-4-7-13(3)8-6-11/h10-12H,4-9H2,1-3H3. The van der Waals surface area contributed by atoms with Gasteiger partial charge >= 0.3 is 0 Å². The van der Waals surface area contributed by atoms with Gasteiger partial charge in [0.25, 0.3) is 0 Å². The molecule has 1 N–H and O–H groups in total. The molecule has 1 atom stereocenters. The molecule has 1 aliphatic rings. The van der Waals surface area contributed by atoms with Crippen LogP contribution in [0.15, 0.2) is 0 Å². The topological polar surface area (TPSA) is 15.3 Å². The molecule has 2 nitrogen and oxygen atoms in total. The van der Waals surface area contributed by atoms with E-state index in [2.05, 4.69) is 31.1 Å². The molecule has 0 saturated carbocycles. The molecule has 0 radical (unpaired) electrons. The van der Waals surface area contributed by atoms with Gasteiger partial charge in [-0.1, -0.05) is 13.8 Å². The monoisotopic (exact) mass is 184 g/mol. The van der Waals surface area contributed by atoms with E-state index in [1.165, 1.54) is 38.9 Å². The van der Waals surface area contributed by atoms with Gasteiger partial charge in [-0.2, -0.15) is 0 Å². The van der Waals surface area contributed by atoms with Crippen molar-refractivity contribution in [2.45, 2.75) is 39.2 Å². The van der Waals surface area contributed by atoms with Crippen LogP contribution in [0.2, 0.25) is 0 Å². The molecule has 1 heterocycles. The van der Waals surface area contributed by atoms with Gasteiger partial charge in [-0.05, 0) is 51.9 Å². The van der Waals surface area contributed by atoms with Crippen LogP contribution < -0.4 is 5.32 Å². The summed E-state index contributed by atoms with van der Waals surface area (Å²) in [4.78, 5) is 2.44. The number of hydrogen-bond acceptors (Lipinski definition) is 2. The van der Waals surface area contributed by atoms with Gasteiger partial charge in [0.1, 0.15) is 0 Å². The summed E-state index contributed by atoms with van der Waals surface area (Å²) in [5.74, 6) is 0.779. The minimum Gasteiger partial charge on any atom is -0.314 e. The van der Waals surface area contributed by atoms with E-state index in [0.29, 0.717) is 0 Å². The van der Waals surface area contributed by atoms with E-state index in [1.54, 1.807) is 0 Å². The van der Waals surface area contributed by atoms with Gasteiger partial charge in [0.05, 0.1) is 0 Å². The van der Waals surface area contributed by atoms with Crippen LogP contribution in [0.25, 0.3) is 0 Å². The number of rotatable bonds is 3. The highest BCUT2D eigenvalue weighted by Gasteiger charge is 2.13. The highest BCUT2D eigenvalue weighted by atomic mass is 15.1. The van der Waals surface area contributed by atoms with Crippen LogP contribution in [-0.2, 0) is 0 Å². The Kier molecular flexibility index (Phi) is 4.74. The molecule has 0 amide bonds. The lowest BCUT2D eigenvalue weighted by Gasteiger charge is -2.17. The van der Waals surface area contributed by atoms with Crippen molar-refractivity contribution in [3.63, 3.8) is 0 Å². The quantitative estimate of drug-likeness (QED) is 0.718. The first-order valence-corrected chi connectivity index (χ1v) is 5.60. The molecule has 0 aromatic heterocycles. The van der Waals surface area contributed by atoms with Crippen LogP contribution in [0.4, 0.5) is 0 Å². The summed E-state index contributed by atoms with van der Waals surface area (Å²) in [6.45, 7) is 8.26. The van der Waals surface area contributed by atoms with E-state index in [0.717, 1.165) is 12.0 Å². The molecular weight excluding hydrogens is 160 g/mol. The normalized spacial score (nSPS) is 26.3. The molecule has 78 valence electrons. The molecule has 2 heteroatoms. The lowest BCUT2D eigenvalue weighted by molar-refractivity contribution is 0.342. The Labute approximate surface area is 82.7 Å². The summed E-state index contributed by atoms with van der Waals surface area (Å²) in [6.07, 6.45) is 4.03. The average Bonchev–Trinajstić information content (AvgIpc) is 2.27. The fraction of sp³-hybridized carbons (Fsp3) is 1.00. The summed E-state index contributed by atoms with van der Waals surface area (Å²) in [6, 6.07) is 0.771. The Balaban J connectivity index is 2.18. The largest absolute Gasteiger partial charge is 0.314 e. The number of hydrogen-bond donors (Lipinski definition) is 1. The fourth-order valence-corrected chi connectivity index (χ4v) is 1.85. The first-order chi connectivity index (χ1) is 6.18. The second kappa shape index (κ2) is 5.61. The van der Waals surface area contributed by atoms with Gasteiger partial charge < -0.3 is 10.2 Å². The Bertz CT molecular complexity index is 134. The van der Waals surface area contributed by atoms with Crippen molar-refractivity contribution >= 4 is 0 Å². The zero-order chi connectivity index (χ0) is 9.68. The zero-order valence-corrected chi connectivity index (χ0v) is 9.34. The molecule has 0 spiro atoms. The third-order valence-electron chi connectivity index (χ3n) is 2.77. The Morgan fingerprint density at radius 3 is 2.77 bits per heavy atom. The van der Waals surface area contributed by atoms with E-state index in [4.69, 9.17) is 0 Å². The SMILES string of the molecule is CC(C)CNC1CCCN(C)CC1. The number of nitrogens with one attached hydrogen (secondary N) is 1. The lowest BCUT2D eigenvalue weighted by atomic mass is 10.1. The Hall–Kier alpha value is -0.0800. The molecule has 0 aromatic carbocycles. The summed E-state index contributed by atoms with van der Waals surface area (Å²) in [5, 5.41) is 3.65. The highest BCUT2D eigenvalue weighted by molar-refractivity contribution is 4.73. The first-order valence-electron chi connectivity index (χ1n) is 5.60. The van der Waals surface area contributed by atoms with Crippen LogP contribution >= 0.6 is 0 Å². The van der Waals surface area contributed by atoms with Crippen molar-refractivity contribution in [3.8, 4) is 0 Å². The second-order valence-corrected chi connectivity index (χ2v) is 4.73. The minimum absolute atomic E-state index is 0.771. The molecule has 1 rings (SSSR count). The van der Waals surface area contributed by atoms with E-state index in [1.807, 2.05) is 0 Å². The van der Waals surface area contributed by atoms with E-state index in [9.17, 15) is 0 Å². The summed E-state index contributed by atoms with van der Waals surface area (Å²) in [5.41, 5.74) is 0. The predicted octanol–water partition coefficient (Wildman–Crippen LogP) is 1.72. The Morgan fingerprint density at radius 1 is 1.31 bits per heavy atom. The van der Waals surface area contributed by atoms with Crippen molar-refractivity contribution in [2.24, 2.45) is 5.92 Å². The zero-order valence-electron chi connectivity index (χ0n) is 9.34. The molecule has 1 saturated heterocycles. The van der Waals surface area contributed by atoms with Crippen LogP contribution in [0.5, 0.6) is 0 Å². The second-order valence-electron chi connectivity index (χ2n) is 4.73. The number of likely N-dealkylation sites (tertiary alicyclic amines) is 1. The van der Waals surface area contributed by atoms with Gasteiger partial charge in [-0.15, -0.1) is 0 Å². The van der Waals surface area contributed by atoms with E-state index >= 15 is 0 Å². The lowest BCUT2D eigenvalue weighted by Crippen LogP contribution is -2.32. The third kappa shape index (κ3) is 4.63. The molecule has 0 bridgehead atoms. The minimum atomic E-state index is 0.771. The molecule has 1 fully saturated rings. The summed E-state index contributed by atoms with van der Waals surface area (Å²) in [7, 11) is 2.23. The van der Waals surface area contributed by atoms with Gasteiger partial charge in [-0.25, -0.2) is 0 Å². The van der Waals surface area contributed by atoms with Crippen LogP contribution in [0.3, 0.4) is 0 Å². The van der Waals surface area contributed by atoms with E-state index in [-0.39, 0.29) is 0 Å². The average molecular weight is 184 g/mol. The first kappa shape index (κ1) is 11.0. The van der Waals surface area contributed by atoms with Gasteiger partial charge in [0.2, 0.25) is 0 Å². The summed E-state index contributed by atoms with van der Waals surface area (Å²) >= 11 is 0. The third-order valence-corrected chi connectivity index (χ3v) is 2.77. The van der Waals surface area contributed by atoms with Crippen LogP contribution in [0.1, 0.15) is 33.1 Å². The maximum atomic E-state index is 3.65. The maximum absolute atomic E-state index is 3.65. The van der Waals surface area contributed by atoms with Crippen LogP contribution in [0, 0.1) is 5.92 Å². The number of nitrogens with zero attached hydrogens (tertiary/aromatic N) is 1. The molecule has 1 unspecified atom stereocenters. The van der Waals surface area contributed by atoms with Crippen LogP contribution in [-0.4, -0.2) is 37.6 Å². The van der Waals surface area contributed by atoms with Gasteiger partial charge in [-0.3, -0.25) is 0 Å². The molecule has 13 heavy (non-hydrogen) atoms. The highest BCUT2D eigenvalue weighted by Crippen LogP contribution is 2.09. The van der Waals surface area contributed by atoms with Crippen molar-refractivity contribution in [1.29, 1.82) is 0 Å². The van der Waals surface area contributed by atoms with Gasteiger partial charge in [0, 0.05) is 6.04 Å². The molecular formula is C11H24N2. The smallest absolute Gasteiger partial charge is 0.00798 e. The van der Waals surface area contributed by atoms with E-state index < -0.39 is 0 Å². The van der Waals surface area contributed by atoms with Crippen molar-refractivity contribution < 1.29 is 0 Å². The fourth-order valence-electron chi connectivity index (χ4n) is 1.85. The molecule has 1 aliphatic heterocycles. The van der Waals surface area contributed by atoms with Crippen molar-refractivity contribution in [3.05, 3.63) is 0 Å². The molecule has 0 aliphatic carbocycles. The van der Waals surface area contributed by atoms with Crippen molar-refractivity contribution in [2.75, 3.05) is 26.7 Å². The van der Waals surface area contributed by atoms with Gasteiger partial charge in [0.15, 0.2) is 0 Å². The predicted molar refractivity (Wildman–Crippen MR) is 58.0 cm³/mol. The van der Waals surface area contributed by atoms with Crippen molar-refractivity contribution in [1.82, 2.24) is 10.2 Å². The Morgan fingerprint density at radius 2 is 2.08 bits per heavy atom. The molecule has 0 aromatic rings. The summed E-state index contributed by atoms with van der Waals surface area (Å²) < 4.78 is 0.